The third-order valence-electron chi connectivity index (χ3n) is 2.31. The van der Waals surface area contributed by atoms with Crippen LogP contribution in [-0.2, 0) is 12.7 Å². The van der Waals surface area contributed by atoms with Crippen LogP contribution < -0.4 is 5.32 Å². The number of anilines is 1. The third-order valence-corrected chi connectivity index (χ3v) is 2.95. The van der Waals surface area contributed by atoms with Gasteiger partial charge in [0.05, 0.1) is 22.7 Å². The number of alkyl halides is 3. The van der Waals surface area contributed by atoms with Crippen molar-refractivity contribution in [3.8, 4) is 0 Å². The minimum Gasteiger partial charge on any atom is -0.374 e. The molecule has 0 spiro atoms. The highest BCUT2D eigenvalue weighted by Gasteiger charge is 2.34. The fourth-order valence-corrected chi connectivity index (χ4v) is 1.96. The minimum absolute atomic E-state index is 0.0889. The molecule has 0 aliphatic heterocycles. The van der Waals surface area contributed by atoms with E-state index in [0.717, 1.165) is 0 Å². The van der Waals surface area contributed by atoms with Gasteiger partial charge >= 0.3 is 11.9 Å². The number of nitro groups is 1. The summed E-state index contributed by atoms with van der Waals surface area (Å²) in [5.74, 6) is 0. The average molecular weight is 304 g/mol. The molecule has 6 nitrogen and oxygen atoms in total. The van der Waals surface area contributed by atoms with E-state index in [1.54, 1.807) is 10.9 Å². The Morgan fingerprint density at radius 1 is 1.40 bits per heavy atom. The average Bonchev–Trinajstić information content (AvgIpc) is 2.87. The Bertz CT molecular complexity index is 615. The zero-order valence-corrected chi connectivity index (χ0v) is 10.5. The van der Waals surface area contributed by atoms with Crippen LogP contribution in [0.5, 0.6) is 0 Å². The summed E-state index contributed by atoms with van der Waals surface area (Å²) in [6.45, 7) is 0.0889. The predicted octanol–water partition coefficient (Wildman–Crippen LogP) is 3.08. The fraction of sp³-hybridized carbons (Fsp3) is 0.200. The first kappa shape index (κ1) is 14.2. The smallest absolute Gasteiger partial charge is 0.374 e. The topological polar surface area (TPSA) is 81.0 Å². The molecule has 2 rings (SSSR count). The lowest BCUT2D eigenvalue weighted by Gasteiger charge is -2.09. The quantitative estimate of drug-likeness (QED) is 0.693. The molecule has 0 aliphatic rings. The van der Waals surface area contributed by atoms with E-state index in [-0.39, 0.29) is 12.2 Å². The second kappa shape index (κ2) is 5.41. The van der Waals surface area contributed by atoms with Crippen LogP contribution >= 0.6 is 11.3 Å². The first-order chi connectivity index (χ1) is 9.38. The molecule has 0 fully saturated rings. The van der Waals surface area contributed by atoms with Crippen molar-refractivity contribution in [1.82, 2.24) is 9.97 Å². The largest absolute Gasteiger partial charge is 0.433 e. The lowest BCUT2D eigenvalue weighted by molar-refractivity contribution is -0.384. The maximum absolute atomic E-state index is 12.5. The Morgan fingerprint density at radius 3 is 2.70 bits per heavy atom. The monoisotopic (exact) mass is 304 g/mol. The molecule has 0 aliphatic carbocycles. The van der Waals surface area contributed by atoms with E-state index in [1.807, 2.05) is 0 Å². The molecular formula is C10H7F3N4O2S. The Kier molecular flexibility index (Phi) is 3.84. The molecule has 0 atom stereocenters. The Balaban J connectivity index is 2.29. The number of pyridine rings is 1. The Labute approximate surface area is 114 Å². The summed E-state index contributed by atoms with van der Waals surface area (Å²) in [5, 5.41) is 15.0. The lowest BCUT2D eigenvalue weighted by atomic mass is 10.2. The van der Waals surface area contributed by atoms with Gasteiger partial charge in [0.1, 0.15) is 17.6 Å². The number of aromatic nitrogens is 2. The molecule has 0 saturated carbocycles. The van der Waals surface area contributed by atoms with Crippen molar-refractivity contribution in [2.45, 2.75) is 12.7 Å². The van der Waals surface area contributed by atoms with E-state index in [2.05, 4.69) is 15.3 Å². The van der Waals surface area contributed by atoms with E-state index in [9.17, 15) is 23.3 Å². The van der Waals surface area contributed by atoms with E-state index < -0.39 is 22.5 Å². The summed E-state index contributed by atoms with van der Waals surface area (Å²) in [7, 11) is 0. The molecule has 0 bridgehead atoms. The fourth-order valence-electron chi connectivity index (χ4n) is 1.40. The highest BCUT2D eigenvalue weighted by atomic mass is 32.1. The number of halogens is 3. The molecule has 1 N–H and O–H groups in total. The van der Waals surface area contributed by atoms with Crippen molar-refractivity contribution in [3.63, 3.8) is 0 Å². The van der Waals surface area contributed by atoms with Gasteiger partial charge in [0, 0.05) is 5.38 Å². The maximum atomic E-state index is 12.5. The summed E-state index contributed by atoms with van der Waals surface area (Å²) in [4.78, 5) is 17.0. The van der Waals surface area contributed by atoms with Crippen molar-refractivity contribution in [3.05, 3.63) is 44.7 Å². The number of thiazole rings is 1. The number of hydrogen-bond donors (Lipinski definition) is 1. The van der Waals surface area contributed by atoms with E-state index in [4.69, 9.17) is 0 Å². The summed E-state index contributed by atoms with van der Waals surface area (Å²) >= 11 is 1.32. The SMILES string of the molecule is O=[N+]([O-])c1cnc(C(F)(F)F)cc1NCc1cscn1. The summed E-state index contributed by atoms with van der Waals surface area (Å²) in [6, 6.07) is 0.616. The zero-order valence-electron chi connectivity index (χ0n) is 9.72. The van der Waals surface area contributed by atoms with Crippen LogP contribution in [0.1, 0.15) is 11.4 Å². The van der Waals surface area contributed by atoms with Crippen molar-refractivity contribution in [1.29, 1.82) is 0 Å². The molecule has 0 amide bonds. The van der Waals surface area contributed by atoms with Gasteiger partial charge in [-0.2, -0.15) is 13.2 Å². The summed E-state index contributed by atoms with van der Waals surface area (Å²) in [5.41, 5.74) is 0.177. The van der Waals surface area contributed by atoms with Crippen LogP contribution in [0.25, 0.3) is 0 Å². The van der Waals surface area contributed by atoms with Crippen LogP contribution in [0.2, 0.25) is 0 Å². The summed E-state index contributed by atoms with van der Waals surface area (Å²) in [6.07, 6.45) is -4.07. The molecule has 2 heterocycles. The van der Waals surface area contributed by atoms with Gasteiger partial charge in [-0.25, -0.2) is 9.97 Å². The van der Waals surface area contributed by atoms with Crippen LogP contribution in [0.4, 0.5) is 24.5 Å². The van der Waals surface area contributed by atoms with Crippen LogP contribution in [0.3, 0.4) is 0 Å². The first-order valence-electron chi connectivity index (χ1n) is 5.20. The third kappa shape index (κ3) is 3.20. The first-order valence-corrected chi connectivity index (χ1v) is 6.15. The number of nitrogens with one attached hydrogen (secondary N) is 1. The van der Waals surface area contributed by atoms with Crippen molar-refractivity contribution in [2.75, 3.05) is 5.32 Å². The lowest BCUT2D eigenvalue weighted by Crippen LogP contribution is -2.11. The predicted molar refractivity (Wildman–Crippen MR) is 65.3 cm³/mol. The highest BCUT2D eigenvalue weighted by molar-refractivity contribution is 7.07. The van der Waals surface area contributed by atoms with Gasteiger partial charge in [0.25, 0.3) is 0 Å². The second-order valence-electron chi connectivity index (χ2n) is 3.67. The second-order valence-corrected chi connectivity index (χ2v) is 4.39. The Hall–Kier alpha value is -2.23. The Morgan fingerprint density at radius 2 is 2.15 bits per heavy atom. The van der Waals surface area contributed by atoms with Crippen LogP contribution in [0, 0.1) is 10.1 Å². The van der Waals surface area contributed by atoms with Gasteiger partial charge in [-0.05, 0) is 6.07 Å². The van der Waals surface area contributed by atoms with Gasteiger partial charge in [-0.15, -0.1) is 11.3 Å². The minimum atomic E-state index is -4.66. The van der Waals surface area contributed by atoms with Gasteiger partial charge in [0.15, 0.2) is 0 Å². The number of rotatable bonds is 4. The molecule has 0 radical (unpaired) electrons. The van der Waals surface area contributed by atoms with Crippen LogP contribution in [0.15, 0.2) is 23.2 Å². The number of nitrogens with zero attached hydrogens (tertiary/aromatic N) is 3. The molecule has 2 aromatic rings. The van der Waals surface area contributed by atoms with Crippen molar-refractivity contribution >= 4 is 22.7 Å². The highest BCUT2D eigenvalue weighted by Crippen LogP contribution is 2.33. The summed E-state index contributed by atoms with van der Waals surface area (Å²) < 4.78 is 37.6. The van der Waals surface area contributed by atoms with Gasteiger partial charge in [-0.1, -0.05) is 0 Å². The maximum Gasteiger partial charge on any atom is 0.433 e. The molecule has 0 unspecified atom stereocenters. The van der Waals surface area contributed by atoms with Gasteiger partial charge < -0.3 is 5.32 Å². The van der Waals surface area contributed by atoms with E-state index in [0.29, 0.717) is 18.0 Å². The molecule has 20 heavy (non-hydrogen) atoms. The van der Waals surface area contributed by atoms with Gasteiger partial charge in [-0.3, -0.25) is 10.1 Å². The van der Waals surface area contributed by atoms with Crippen molar-refractivity contribution < 1.29 is 18.1 Å². The molecule has 10 heteroatoms. The number of hydrogen-bond acceptors (Lipinski definition) is 6. The zero-order chi connectivity index (χ0) is 14.8. The molecule has 106 valence electrons. The molecule has 2 aromatic heterocycles. The van der Waals surface area contributed by atoms with E-state index in [1.165, 1.54) is 11.3 Å². The van der Waals surface area contributed by atoms with Crippen LogP contribution in [-0.4, -0.2) is 14.9 Å². The van der Waals surface area contributed by atoms with Gasteiger partial charge in [0.2, 0.25) is 0 Å². The van der Waals surface area contributed by atoms with E-state index >= 15 is 0 Å². The standard InChI is InChI=1S/C10H7F3N4O2S/c11-10(12,13)9-1-7(8(3-15-9)17(18)19)14-2-6-4-20-5-16-6/h1,3-5H,2H2,(H,14,15). The molecule has 0 aromatic carbocycles. The normalized spacial score (nSPS) is 11.3. The molecule has 0 saturated heterocycles. The van der Waals surface area contributed by atoms with Crippen molar-refractivity contribution in [2.24, 2.45) is 0 Å². The molecular weight excluding hydrogens is 297 g/mol.